The monoisotopic (exact) mass is 274 g/mol. The molecular formula is C19H18N2. The minimum absolute atomic E-state index is 0.0818. The second kappa shape index (κ2) is 5.46. The molecule has 3 rings (SSSR count). The molecule has 0 radical (unpaired) electrons. The lowest BCUT2D eigenvalue weighted by molar-refractivity contribution is 0.702. The van der Waals surface area contributed by atoms with Gasteiger partial charge in [-0.3, -0.25) is 0 Å². The molecule has 2 nitrogen and oxygen atoms in total. The van der Waals surface area contributed by atoms with Gasteiger partial charge >= 0.3 is 0 Å². The Morgan fingerprint density at radius 2 is 1.90 bits per heavy atom. The molecule has 0 amide bonds. The van der Waals surface area contributed by atoms with E-state index in [1.807, 2.05) is 12.1 Å². The zero-order valence-corrected chi connectivity index (χ0v) is 12.4. The van der Waals surface area contributed by atoms with E-state index in [1.54, 1.807) is 0 Å². The third kappa shape index (κ3) is 2.43. The maximum absolute atomic E-state index is 9.21. The maximum Gasteiger partial charge on any atom is 0.0721 e. The largest absolute Gasteiger partial charge is 0.339 e. The number of hydrogen-bond donors (Lipinski definition) is 0. The SMILES string of the molecule is Cc1ccc(N2C=Cc3ccccc3C2CC#N)cc1C. The molecule has 0 bridgehead atoms. The predicted octanol–water partition coefficient (Wildman–Crippen LogP) is 4.75. The van der Waals surface area contributed by atoms with Crippen LogP contribution in [0.25, 0.3) is 6.08 Å². The molecule has 0 spiro atoms. The molecule has 0 saturated carbocycles. The summed E-state index contributed by atoms with van der Waals surface area (Å²) in [7, 11) is 0. The topological polar surface area (TPSA) is 27.0 Å². The highest BCUT2D eigenvalue weighted by atomic mass is 15.1. The van der Waals surface area contributed by atoms with Crippen LogP contribution in [0.2, 0.25) is 0 Å². The van der Waals surface area contributed by atoms with Crippen molar-refractivity contribution in [1.82, 2.24) is 0 Å². The van der Waals surface area contributed by atoms with Gasteiger partial charge in [0, 0.05) is 11.9 Å². The summed E-state index contributed by atoms with van der Waals surface area (Å²) in [6, 6.07) is 17.2. The highest BCUT2D eigenvalue weighted by Crippen LogP contribution is 2.36. The van der Waals surface area contributed by atoms with Crippen LogP contribution in [0.5, 0.6) is 0 Å². The molecule has 104 valence electrons. The average Bonchev–Trinajstić information content (AvgIpc) is 2.51. The summed E-state index contributed by atoms with van der Waals surface area (Å²) < 4.78 is 0. The van der Waals surface area contributed by atoms with Crippen molar-refractivity contribution in [3.05, 3.63) is 70.9 Å². The molecule has 21 heavy (non-hydrogen) atoms. The van der Waals surface area contributed by atoms with Gasteiger partial charge < -0.3 is 4.90 Å². The Kier molecular flexibility index (Phi) is 3.50. The van der Waals surface area contributed by atoms with E-state index in [1.165, 1.54) is 22.3 Å². The zero-order chi connectivity index (χ0) is 14.8. The first-order valence-electron chi connectivity index (χ1n) is 7.20. The third-order valence-electron chi connectivity index (χ3n) is 4.18. The summed E-state index contributed by atoms with van der Waals surface area (Å²) in [4.78, 5) is 2.21. The molecule has 0 saturated heterocycles. The van der Waals surface area contributed by atoms with Crippen molar-refractivity contribution in [2.45, 2.75) is 26.3 Å². The van der Waals surface area contributed by atoms with E-state index in [4.69, 9.17) is 0 Å². The zero-order valence-electron chi connectivity index (χ0n) is 12.4. The summed E-state index contributed by atoms with van der Waals surface area (Å²) in [6.07, 6.45) is 4.70. The molecule has 1 heterocycles. The van der Waals surface area contributed by atoms with Gasteiger partial charge in [0.1, 0.15) is 0 Å². The first-order chi connectivity index (χ1) is 10.2. The van der Waals surface area contributed by atoms with Crippen molar-refractivity contribution >= 4 is 11.8 Å². The molecular weight excluding hydrogens is 256 g/mol. The van der Waals surface area contributed by atoms with E-state index in [0.717, 1.165) is 5.69 Å². The summed E-state index contributed by atoms with van der Waals surface area (Å²) >= 11 is 0. The minimum atomic E-state index is 0.0818. The molecule has 2 aromatic carbocycles. The van der Waals surface area contributed by atoms with Crippen LogP contribution in [0.15, 0.2) is 48.7 Å². The fourth-order valence-corrected chi connectivity index (χ4v) is 2.83. The van der Waals surface area contributed by atoms with Gasteiger partial charge in [-0.2, -0.15) is 5.26 Å². The van der Waals surface area contributed by atoms with Crippen molar-refractivity contribution < 1.29 is 0 Å². The van der Waals surface area contributed by atoms with Crippen LogP contribution in [0.1, 0.15) is 34.7 Å². The fourth-order valence-electron chi connectivity index (χ4n) is 2.83. The Labute approximate surface area is 126 Å². The average molecular weight is 274 g/mol. The van der Waals surface area contributed by atoms with Gasteiger partial charge in [0.15, 0.2) is 0 Å². The second-order valence-corrected chi connectivity index (χ2v) is 5.50. The number of aryl methyl sites for hydroxylation is 2. The fraction of sp³-hybridized carbons (Fsp3) is 0.211. The predicted molar refractivity (Wildman–Crippen MR) is 86.8 cm³/mol. The minimum Gasteiger partial charge on any atom is -0.339 e. The standard InChI is InChI=1S/C19H18N2/c1-14-7-8-17(13-15(14)2)21-12-10-16-5-3-4-6-18(16)19(21)9-11-20/h3-8,10,12-13,19H,9H2,1-2H3. The molecule has 0 N–H and O–H groups in total. The van der Waals surface area contributed by atoms with Crippen molar-refractivity contribution in [2.24, 2.45) is 0 Å². The summed E-state index contributed by atoms with van der Waals surface area (Å²) in [5.74, 6) is 0. The first kappa shape index (κ1) is 13.5. The number of rotatable bonds is 2. The van der Waals surface area contributed by atoms with Gasteiger partial charge in [0.05, 0.1) is 18.5 Å². The van der Waals surface area contributed by atoms with Crippen molar-refractivity contribution in [3.8, 4) is 6.07 Å². The lowest BCUT2D eigenvalue weighted by Gasteiger charge is -2.34. The molecule has 2 heteroatoms. The van der Waals surface area contributed by atoms with Crippen LogP contribution >= 0.6 is 0 Å². The highest BCUT2D eigenvalue weighted by Gasteiger charge is 2.24. The Morgan fingerprint density at radius 1 is 1.10 bits per heavy atom. The van der Waals surface area contributed by atoms with Gasteiger partial charge in [-0.1, -0.05) is 30.3 Å². The highest BCUT2D eigenvalue weighted by molar-refractivity contribution is 5.67. The number of anilines is 1. The van der Waals surface area contributed by atoms with Crippen molar-refractivity contribution in [1.29, 1.82) is 5.26 Å². The van der Waals surface area contributed by atoms with Gasteiger partial charge in [-0.25, -0.2) is 0 Å². The Hall–Kier alpha value is -2.53. The van der Waals surface area contributed by atoms with E-state index < -0.39 is 0 Å². The molecule has 1 atom stereocenters. The summed E-state index contributed by atoms with van der Waals surface area (Å²) in [6.45, 7) is 4.24. The lowest BCUT2D eigenvalue weighted by Crippen LogP contribution is -2.26. The van der Waals surface area contributed by atoms with E-state index in [0.29, 0.717) is 6.42 Å². The number of nitriles is 1. The van der Waals surface area contributed by atoms with Crippen LogP contribution in [-0.2, 0) is 0 Å². The smallest absolute Gasteiger partial charge is 0.0721 e. The molecule has 1 unspecified atom stereocenters. The quantitative estimate of drug-likeness (QED) is 0.790. The van der Waals surface area contributed by atoms with E-state index in [2.05, 4.69) is 67.4 Å². The molecule has 0 aliphatic carbocycles. The number of benzene rings is 2. The van der Waals surface area contributed by atoms with Crippen LogP contribution in [-0.4, -0.2) is 0 Å². The summed E-state index contributed by atoms with van der Waals surface area (Å²) in [5.41, 5.74) is 6.13. The van der Waals surface area contributed by atoms with Crippen LogP contribution in [0, 0.1) is 25.2 Å². The number of hydrogen-bond acceptors (Lipinski definition) is 2. The van der Waals surface area contributed by atoms with Crippen LogP contribution in [0.4, 0.5) is 5.69 Å². The van der Waals surface area contributed by atoms with E-state index in [9.17, 15) is 5.26 Å². The normalized spacial score (nSPS) is 16.4. The van der Waals surface area contributed by atoms with Gasteiger partial charge in [0.2, 0.25) is 0 Å². The van der Waals surface area contributed by atoms with Crippen LogP contribution in [0.3, 0.4) is 0 Å². The molecule has 0 aromatic heterocycles. The molecule has 1 aliphatic rings. The van der Waals surface area contributed by atoms with E-state index in [-0.39, 0.29) is 6.04 Å². The van der Waals surface area contributed by atoms with Gasteiger partial charge in [-0.15, -0.1) is 0 Å². The van der Waals surface area contributed by atoms with Gasteiger partial charge in [-0.05, 0) is 54.3 Å². The summed E-state index contributed by atoms with van der Waals surface area (Å²) in [5, 5.41) is 9.21. The lowest BCUT2D eigenvalue weighted by atomic mass is 9.93. The third-order valence-corrected chi connectivity index (χ3v) is 4.18. The number of nitrogens with zero attached hydrogens (tertiary/aromatic N) is 2. The maximum atomic E-state index is 9.21. The van der Waals surface area contributed by atoms with Crippen LogP contribution < -0.4 is 4.90 Å². The first-order valence-corrected chi connectivity index (χ1v) is 7.20. The molecule has 0 fully saturated rings. The Bertz CT molecular complexity index is 737. The Morgan fingerprint density at radius 3 is 2.67 bits per heavy atom. The van der Waals surface area contributed by atoms with Crippen molar-refractivity contribution in [3.63, 3.8) is 0 Å². The second-order valence-electron chi connectivity index (χ2n) is 5.50. The van der Waals surface area contributed by atoms with Gasteiger partial charge in [0.25, 0.3) is 0 Å². The number of fused-ring (bicyclic) bond motifs is 1. The Balaban J connectivity index is 2.06. The van der Waals surface area contributed by atoms with Crippen molar-refractivity contribution in [2.75, 3.05) is 4.90 Å². The van der Waals surface area contributed by atoms with E-state index >= 15 is 0 Å². The molecule has 1 aliphatic heterocycles. The molecule has 2 aromatic rings.